The summed E-state index contributed by atoms with van der Waals surface area (Å²) < 4.78 is 5.32. The standard InChI is InChI=1S/C15H24N2O2/c1-13-3-4-15(18)14(11-13)12-16-5-2-6-17-7-9-19-10-8-17/h3-4,11,16,18H,2,5-10,12H2,1H3. The normalized spacial score (nSPS) is 16.7. The third-order valence-electron chi connectivity index (χ3n) is 3.48. The molecule has 0 saturated carbocycles. The smallest absolute Gasteiger partial charge is 0.120 e. The molecule has 0 atom stereocenters. The summed E-state index contributed by atoms with van der Waals surface area (Å²) >= 11 is 0. The Balaban J connectivity index is 1.62. The number of phenols is 1. The first-order valence-electron chi connectivity index (χ1n) is 7.05. The molecule has 4 nitrogen and oxygen atoms in total. The molecule has 1 saturated heterocycles. The predicted molar refractivity (Wildman–Crippen MR) is 76.4 cm³/mol. The number of ether oxygens (including phenoxy) is 1. The third kappa shape index (κ3) is 4.82. The molecular formula is C15H24N2O2. The Morgan fingerprint density at radius 1 is 1.32 bits per heavy atom. The van der Waals surface area contributed by atoms with Crippen molar-refractivity contribution in [3.63, 3.8) is 0 Å². The van der Waals surface area contributed by atoms with Gasteiger partial charge in [-0.1, -0.05) is 17.7 Å². The second-order valence-electron chi connectivity index (χ2n) is 5.12. The molecule has 2 rings (SSSR count). The van der Waals surface area contributed by atoms with Crippen LogP contribution < -0.4 is 5.32 Å². The van der Waals surface area contributed by atoms with Crippen LogP contribution in [0, 0.1) is 6.92 Å². The van der Waals surface area contributed by atoms with Gasteiger partial charge in [0.15, 0.2) is 0 Å². The molecule has 1 heterocycles. The van der Waals surface area contributed by atoms with E-state index in [0.29, 0.717) is 5.75 Å². The second-order valence-corrected chi connectivity index (χ2v) is 5.12. The zero-order valence-corrected chi connectivity index (χ0v) is 11.7. The predicted octanol–water partition coefficient (Wildman–Crippen LogP) is 1.51. The summed E-state index contributed by atoms with van der Waals surface area (Å²) in [5.74, 6) is 0.381. The van der Waals surface area contributed by atoms with Crippen molar-refractivity contribution < 1.29 is 9.84 Å². The highest BCUT2D eigenvalue weighted by molar-refractivity contribution is 5.35. The van der Waals surface area contributed by atoms with E-state index in [-0.39, 0.29) is 0 Å². The van der Waals surface area contributed by atoms with Crippen molar-refractivity contribution in [2.75, 3.05) is 39.4 Å². The number of nitrogens with one attached hydrogen (secondary N) is 1. The van der Waals surface area contributed by atoms with Crippen molar-refractivity contribution in [2.45, 2.75) is 19.9 Å². The van der Waals surface area contributed by atoms with E-state index < -0.39 is 0 Å². The average Bonchev–Trinajstić information content (AvgIpc) is 2.43. The van der Waals surface area contributed by atoms with E-state index in [1.807, 2.05) is 19.1 Å². The molecule has 0 aliphatic carbocycles. The Labute approximate surface area is 115 Å². The molecule has 2 N–H and O–H groups in total. The fourth-order valence-corrected chi connectivity index (χ4v) is 2.33. The molecule has 1 aliphatic rings. The highest BCUT2D eigenvalue weighted by Crippen LogP contribution is 2.17. The molecule has 1 aliphatic heterocycles. The van der Waals surface area contributed by atoms with Gasteiger partial charge in [0, 0.05) is 25.2 Å². The zero-order valence-electron chi connectivity index (χ0n) is 11.7. The van der Waals surface area contributed by atoms with Crippen LogP contribution in [0.4, 0.5) is 0 Å². The summed E-state index contributed by atoms with van der Waals surface area (Å²) in [6, 6.07) is 5.72. The van der Waals surface area contributed by atoms with Gasteiger partial charge in [-0.2, -0.15) is 0 Å². The Kier molecular flexibility index (Phi) is 5.63. The molecule has 106 valence electrons. The highest BCUT2D eigenvalue weighted by Gasteiger charge is 2.09. The van der Waals surface area contributed by atoms with E-state index in [2.05, 4.69) is 10.2 Å². The number of hydrogen-bond acceptors (Lipinski definition) is 4. The van der Waals surface area contributed by atoms with Crippen LogP contribution in [0.25, 0.3) is 0 Å². The molecule has 1 aromatic rings. The van der Waals surface area contributed by atoms with Crippen LogP contribution >= 0.6 is 0 Å². The maximum Gasteiger partial charge on any atom is 0.120 e. The van der Waals surface area contributed by atoms with E-state index >= 15 is 0 Å². The van der Waals surface area contributed by atoms with Crippen molar-refractivity contribution in [3.05, 3.63) is 29.3 Å². The quantitative estimate of drug-likeness (QED) is 0.765. The maximum absolute atomic E-state index is 9.73. The topological polar surface area (TPSA) is 44.7 Å². The Hall–Kier alpha value is -1.10. The lowest BCUT2D eigenvalue weighted by atomic mass is 10.1. The summed E-state index contributed by atoms with van der Waals surface area (Å²) in [6.07, 6.45) is 1.13. The van der Waals surface area contributed by atoms with Crippen LogP contribution in [-0.4, -0.2) is 49.4 Å². The first-order valence-corrected chi connectivity index (χ1v) is 7.05. The largest absolute Gasteiger partial charge is 0.508 e. The van der Waals surface area contributed by atoms with Crippen LogP contribution in [0.2, 0.25) is 0 Å². The Bertz CT molecular complexity index is 390. The molecule has 0 bridgehead atoms. The van der Waals surface area contributed by atoms with Gasteiger partial charge in [-0.25, -0.2) is 0 Å². The molecule has 19 heavy (non-hydrogen) atoms. The van der Waals surface area contributed by atoms with Crippen molar-refractivity contribution in [2.24, 2.45) is 0 Å². The molecule has 0 amide bonds. The zero-order chi connectivity index (χ0) is 13.5. The first kappa shape index (κ1) is 14.3. The molecule has 4 heteroatoms. The number of benzene rings is 1. The highest BCUT2D eigenvalue weighted by atomic mass is 16.5. The summed E-state index contributed by atoms with van der Waals surface area (Å²) in [7, 11) is 0. The lowest BCUT2D eigenvalue weighted by Crippen LogP contribution is -2.37. The minimum absolute atomic E-state index is 0.381. The monoisotopic (exact) mass is 264 g/mol. The minimum atomic E-state index is 0.381. The molecule has 0 aromatic heterocycles. The van der Waals surface area contributed by atoms with E-state index in [4.69, 9.17) is 4.74 Å². The number of hydrogen-bond donors (Lipinski definition) is 2. The van der Waals surface area contributed by atoms with Crippen LogP contribution in [0.15, 0.2) is 18.2 Å². The van der Waals surface area contributed by atoms with Crippen molar-refractivity contribution >= 4 is 0 Å². The average molecular weight is 264 g/mol. The SMILES string of the molecule is Cc1ccc(O)c(CNCCCN2CCOCC2)c1. The fraction of sp³-hybridized carbons (Fsp3) is 0.600. The van der Waals surface area contributed by atoms with Gasteiger partial charge in [0.05, 0.1) is 13.2 Å². The fourth-order valence-electron chi connectivity index (χ4n) is 2.33. The molecule has 0 radical (unpaired) electrons. The van der Waals surface area contributed by atoms with Gasteiger partial charge in [0.1, 0.15) is 5.75 Å². The molecule has 0 spiro atoms. The van der Waals surface area contributed by atoms with Gasteiger partial charge in [-0.05, 0) is 32.5 Å². The van der Waals surface area contributed by atoms with Crippen molar-refractivity contribution in [1.29, 1.82) is 0 Å². The van der Waals surface area contributed by atoms with E-state index in [1.165, 1.54) is 5.56 Å². The molecular weight excluding hydrogens is 240 g/mol. The van der Waals surface area contributed by atoms with E-state index in [9.17, 15) is 5.11 Å². The van der Waals surface area contributed by atoms with Gasteiger partial charge in [0.25, 0.3) is 0 Å². The molecule has 1 aromatic carbocycles. The third-order valence-corrected chi connectivity index (χ3v) is 3.48. The number of morpholine rings is 1. The van der Waals surface area contributed by atoms with Crippen LogP contribution in [0.1, 0.15) is 17.5 Å². The van der Waals surface area contributed by atoms with E-state index in [1.54, 1.807) is 6.07 Å². The van der Waals surface area contributed by atoms with Gasteiger partial charge < -0.3 is 15.2 Å². The summed E-state index contributed by atoms with van der Waals surface area (Å²) in [4.78, 5) is 2.44. The number of aromatic hydroxyl groups is 1. The lowest BCUT2D eigenvalue weighted by molar-refractivity contribution is 0.0374. The summed E-state index contributed by atoms with van der Waals surface area (Å²) in [5.41, 5.74) is 2.16. The van der Waals surface area contributed by atoms with Gasteiger partial charge in [-0.3, -0.25) is 4.90 Å². The lowest BCUT2D eigenvalue weighted by Gasteiger charge is -2.26. The van der Waals surface area contributed by atoms with Gasteiger partial charge in [-0.15, -0.1) is 0 Å². The van der Waals surface area contributed by atoms with Crippen molar-refractivity contribution in [1.82, 2.24) is 10.2 Å². The van der Waals surface area contributed by atoms with Crippen LogP contribution in [-0.2, 0) is 11.3 Å². The minimum Gasteiger partial charge on any atom is -0.508 e. The van der Waals surface area contributed by atoms with E-state index in [0.717, 1.165) is 57.9 Å². The molecule has 0 unspecified atom stereocenters. The summed E-state index contributed by atoms with van der Waals surface area (Å²) in [6.45, 7) is 8.71. The van der Waals surface area contributed by atoms with Crippen molar-refractivity contribution in [3.8, 4) is 5.75 Å². The number of phenolic OH excluding ortho intramolecular Hbond substituents is 1. The number of rotatable bonds is 6. The van der Waals surface area contributed by atoms with Gasteiger partial charge in [0.2, 0.25) is 0 Å². The maximum atomic E-state index is 9.73. The number of nitrogens with zero attached hydrogens (tertiary/aromatic N) is 1. The Morgan fingerprint density at radius 3 is 2.89 bits per heavy atom. The van der Waals surface area contributed by atoms with Crippen LogP contribution in [0.5, 0.6) is 5.75 Å². The second kappa shape index (κ2) is 7.48. The molecule has 1 fully saturated rings. The summed E-state index contributed by atoms with van der Waals surface area (Å²) in [5, 5.41) is 13.1. The van der Waals surface area contributed by atoms with Gasteiger partial charge >= 0.3 is 0 Å². The first-order chi connectivity index (χ1) is 9.25. The van der Waals surface area contributed by atoms with Crippen LogP contribution in [0.3, 0.4) is 0 Å². The number of aryl methyl sites for hydroxylation is 1. The Morgan fingerprint density at radius 2 is 2.11 bits per heavy atom.